The van der Waals surface area contributed by atoms with E-state index in [4.69, 9.17) is 14.9 Å². The summed E-state index contributed by atoms with van der Waals surface area (Å²) in [5.74, 6) is 0. The minimum Gasteiger partial charge on any atom is -0.394 e. The summed E-state index contributed by atoms with van der Waals surface area (Å²) in [4.78, 5) is 17.0. The van der Waals surface area contributed by atoms with E-state index in [0.29, 0.717) is 0 Å². The largest absolute Gasteiger partial charge is 0.472 e. The predicted octanol–water partition coefficient (Wildman–Crippen LogP) is -3.10. The molecule has 0 aromatic rings. The van der Waals surface area contributed by atoms with Crippen LogP contribution < -0.4 is 0 Å². The number of phosphoric ester groups is 1. The topological polar surface area (TPSA) is 157 Å². The molecule has 1 aliphatic heterocycles. The SMILES string of the molecule is O=P(O)(O)O[C@@H]1O[C@H](CO)[C@H](O)[C@H](O)[C@@H]1O. The highest BCUT2D eigenvalue weighted by molar-refractivity contribution is 7.46. The smallest absolute Gasteiger partial charge is 0.394 e. The van der Waals surface area contributed by atoms with Crippen LogP contribution in [0.4, 0.5) is 0 Å². The highest BCUT2D eigenvalue weighted by Gasteiger charge is 2.46. The van der Waals surface area contributed by atoms with Crippen LogP contribution in [-0.4, -0.2) is 67.5 Å². The van der Waals surface area contributed by atoms with Crippen molar-refractivity contribution in [3.05, 3.63) is 0 Å². The van der Waals surface area contributed by atoms with Crippen LogP contribution >= 0.6 is 7.82 Å². The highest BCUT2D eigenvalue weighted by Crippen LogP contribution is 2.40. The van der Waals surface area contributed by atoms with Gasteiger partial charge in [0.25, 0.3) is 0 Å². The Bertz CT molecular complexity index is 275. The molecule has 5 atom stereocenters. The van der Waals surface area contributed by atoms with Gasteiger partial charge in [0, 0.05) is 0 Å². The molecule has 6 N–H and O–H groups in total. The van der Waals surface area contributed by atoms with E-state index >= 15 is 0 Å². The van der Waals surface area contributed by atoms with E-state index in [-0.39, 0.29) is 0 Å². The quantitative estimate of drug-likeness (QED) is 0.289. The third-order valence-corrected chi connectivity index (χ3v) is 2.57. The van der Waals surface area contributed by atoms with Gasteiger partial charge in [-0.3, -0.25) is 4.52 Å². The van der Waals surface area contributed by atoms with Crippen molar-refractivity contribution in [2.24, 2.45) is 0 Å². The molecule has 1 fully saturated rings. The van der Waals surface area contributed by atoms with Gasteiger partial charge in [-0.05, 0) is 0 Å². The summed E-state index contributed by atoms with van der Waals surface area (Å²) in [5.41, 5.74) is 0. The van der Waals surface area contributed by atoms with Crippen molar-refractivity contribution in [3.8, 4) is 0 Å². The lowest BCUT2D eigenvalue weighted by molar-refractivity contribution is -0.280. The van der Waals surface area contributed by atoms with E-state index in [1.54, 1.807) is 0 Å². The maximum atomic E-state index is 10.5. The first-order valence-corrected chi connectivity index (χ1v) is 5.83. The van der Waals surface area contributed by atoms with Crippen LogP contribution in [0.2, 0.25) is 0 Å². The average Bonchev–Trinajstić information content (AvgIpc) is 2.17. The van der Waals surface area contributed by atoms with E-state index in [9.17, 15) is 19.9 Å². The Kier molecular flexibility index (Phi) is 4.41. The lowest BCUT2D eigenvalue weighted by atomic mass is 10.00. The first kappa shape index (κ1) is 14.0. The van der Waals surface area contributed by atoms with Crippen LogP contribution in [0.3, 0.4) is 0 Å². The van der Waals surface area contributed by atoms with Crippen molar-refractivity contribution in [2.75, 3.05) is 6.61 Å². The molecule has 0 unspecified atom stereocenters. The molecule has 0 aromatic heterocycles. The summed E-state index contributed by atoms with van der Waals surface area (Å²) in [6, 6.07) is 0. The summed E-state index contributed by atoms with van der Waals surface area (Å²) < 4.78 is 19.2. The second kappa shape index (κ2) is 5.05. The fraction of sp³-hybridized carbons (Fsp3) is 1.00. The van der Waals surface area contributed by atoms with Gasteiger partial charge in [0.2, 0.25) is 0 Å². The number of hydrogen-bond acceptors (Lipinski definition) is 7. The van der Waals surface area contributed by atoms with Gasteiger partial charge in [-0.25, -0.2) is 4.57 Å². The summed E-state index contributed by atoms with van der Waals surface area (Å²) in [6.45, 7) is -0.702. The Morgan fingerprint density at radius 3 is 2.12 bits per heavy atom. The minimum absolute atomic E-state index is 0.702. The highest BCUT2D eigenvalue weighted by atomic mass is 31.2. The molecule has 0 amide bonds. The molecule has 0 spiro atoms. The van der Waals surface area contributed by atoms with Crippen molar-refractivity contribution in [2.45, 2.75) is 30.7 Å². The zero-order valence-electron chi connectivity index (χ0n) is 7.95. The van der Waals surface area contributed by atoms with Crippen molar-refractivity contribution in [1.82, 2.24) is 0 Å². The molecule has 96 valence electrons. The van der Waals surface area contributed by atoms with Crippen LogP contribution in [-0.2, 0) is 13.8 Å². The molecule has 0 aromatic carbocycles. The maximum absolute atomic E-state index is 10.5. The fourth-order valence-electron chi connectivity index (χ4n) is 1.29. The third kappa shape index (κ3) is 3.20. The first-order chi connectivity index (χ1) is 7.26. The Morgan fingerprint density at radius 2 is 1.69 bits per heavy atom. The Hall–Kier alpha value is -0.0900. The first-order valence-electron chi connectivity index (χ1n) is 4.30. The molecule has 1 rings (SSSR count). The summed E-state index contributed by atoms with van der Waals surface area (Å²) in [7, 11) is -4.91. The second-order valence-corrected chi connectivity index (χ2v) is 4.49. The second-order valence-electron chi connectivity index (χ2n) is 3.29. The van der Waals surface area contributed by atoms with Crippen molar-refractivity contribution in [1.29, 1.82) is 0 Å². The van der Waals surface area contributed by atoms with Gasteiger partial charge in [-0.1, -0.05) is 0 Å². The van der Waals surface area contributed by atoms with Crippen LogP contribution in [0.15, 0.2) is 0 Å². The number of hydrogen-bond donors (Lipinski definition) is 6. The van der Waals surface area contributed by atoms with Gasteiger partial charge >= 0.3 is 7.82 Å². The molecule has 16 heavy (non-hydrogen) atoms. The number of phosphoric acid groups is 1. The zero-order chi connectivity index (χ0) is 12.5. The Morgan fingerprint density at radius 1 is 1.12 bits per heavy atom. The average molecular weight is 260 g/mol. The van der Waals surface area contributed by atoms with Crippen LogP contribution in [0.5, 0.6) is 0 Å². The van der Waals surface area contributed by atoms with Gasteiger partial charge in [0.1, 0.15) is 24.4 Å². The van der Waals surface area contributed by atoms with Gasteiger partial charge < -0.3 is 34.9 Å². The van der Waals surface area contributed by atoms with Crippen molar-refractivity contribution in [3.63, 3.8) is 0 Å². The van der Waals surface area contributed by atoms with Crippen molar-refractivity contribution < 1.29 is 44.0 Å². The lowest BCUT2D eigenvalue weighted by Crippen LogP contribution is -2.58. The van der Waals surface area contributed by atoms with Gasteiger partial charge in [0.15, 0.2) is 6.29 Å². The standard InChI is InChI=1S/C6H13O9P/c7-1-2-3(8)4(9)5(10)6(14-2)15-16(11,12)13/h2-10H,1H2,(H2,11,12,13)/t2-,3+,4+,5+,6+/m1/s1. The molecular weight excluding hydrogens is 247 g/mol. The van der Waals surface area contributed by atoms with Crippen LogP contribution in [0.25, 0.3) is 0 Å². The summed E-state index contributed by atoms with van der Waals surface area (Å²) in [5, 5.41) is 36.6. The maximum Gasteiger partial charge on any atom is 0.472 e. The molecule has 0 radical (unpaired) electrons. The summed E-state index contributed by atoms with van der Waals surface area (Å²) >= 11 is 0. The van der Waals surface area contributed by atoms with Gasteiger partial charge in [-0.2, -0.15) is 0 Å². The molecule has 1 heterocycles. The van der Waals surface area contributed by atoms with Gasteiger partial charge in [0.05, 0.1) is 6.61 Å². The van der Waals surface area contributed by atoms with E-state index in [2.05, 4.69) is 9.26 Å². The molecule has 10 heteroatoms. The van der Waals surface area contributed by atoms with Crippen molar-refractivity contribution >= 4 is 7.82 Å². The number of aliphatic hydroxyl groups excluding tert-OH is 4. The molecule has 1 saturated heterocycles. The number of aliphatic hydroxyl groups is 4. The molecule has 0 bridgehead atoms. The summed E-state index contributed by atoms with van der Waals surface area (Å²) in [6.07, 6.45) is -8.25. The monoisotopic (exact) mass is 260 g/mol. The molecule has 9 nitrogen and oxygen atoms in total. The molecule has 0 aliphatic carbocycles. The van der Waals surface area contributed by atoms with Crippen LogP contribution in [0.1, 0.15) is 0 Å². The molecular formula is C6H13O9P. The van der Waals surface area contributed by atoms with Gasteiger partial charge in [-0.15, -0.1) is 0 Å². The molecule has 0 saturated carbocycles. The number of rotatable bonds is 3. The van der Waals surface area contributed by atoms with E-state index in [1.807, 2.05) is 0 Å². The van der Waals surface area contributed by atoms with E-state index in [1.165, 1.54) is 0 Å². The van der Waals surface area contributed by atoms with E-state index < -0.39 is 45.1 Å². The predicted molar refractivity (Wildman–Crippen MR) is 46.9 cm³/mol. The zero-order valence-corrected chi connectivity index (χ0v) is 8.84. The minimum atomic E-state index is -4.91. The van der Waals surface area contributed by atoms with E-state index in [0.717, 1.165) is 0 Å². The Labute approximate surface area is 90.1 Å². The third-order valence-electron chi connectivity index (χ3n) is 2.09. The van der Waals surface area contributed by atoms with Crippen LogP contribution in [0, 0.1) is 0 Å². The lowest BCUT2D eigenvalue weighted by Gasteiger charge is -2.39. The Balaban J connectivity index is 2.75. The number of ether oxygens (including phenoxy) is 1. The fourth-order valence-corrected chi connectivity index (χ4v) is 1.73. The normalized spacial score (nSPS) is 41.0. The molecule has 1 aliphatic rings.